The molecule has 0 aliphatic carbocycles. The molecule has 0 saturated carbocycles. The van der Waals surface area contributed by atoms with Crippen molar-refractivity contribution in [3.05, 3.63) is 75.3 Å². The van der Waals surface area contributed by atoms with Crippen molar-refractivity contribution >= 4 is 22.5 Å². The number of aromatic nitrogens is 2. The molecule has 124 valence electrons. The predicted octanol–water partition coefficient (Wildman–Crippen LogP) is 3.18. The lowest BCUT2D eigenvalue weighted by atomic mass is 10.1. The van der Waals surface area contributed by atoms with Gasteiger partial charge in [-0.2, -0.15) is 0 Å². The maximum Gasteiger partial charge on any atom is 0.261 e. The van der Waals surface area contributed by atoms with Crippen molar-refractivity contribution in [2.24, 2.45) is 5.73 Å². The van der Waals surface area contributed by atoms with E-state index in [-0.39, 0.29) is 5.56 Å². The van der Waals surface area contributed by atoms with E-state index < -0.39 is 0 Å². The number of hydrogen-bond donors (Lipinski definition) is 1. The molecular weight excluding hydrogens is 322 g/mol. The first kappa shape index (κ1) is 16.7. The summed E-state index contributed by atoms with van der Waals surface area (Å²) < 4.78 is 1.74. The van der Waals surface area contributed by atoms with Crippen LogP contribution in [0.15, 0.2) is 53.3 Å². The highest BCUT2D eigenvalue weighted by molar-refractivity contribution is 6.31. The Morgan fingerprint density at radius 3 is 2.62 bits per heavy atom. The zero-order chi connectivity index (χ0) is 16.9. The lowest BCUT2D eigenvalue weighted by molar-refractivity contribution is 0.586. The quantitative estimate of drug-likeness (QED) is 0.749. The molecule has 0 radical (unpaired) electrons. The topological polar surface area (TPSA) is 60.9 Å². The molecule has 1 heterocycles. The zero-order valence-corrected chi connectivity index (χ0v) is 14.2. The van der Waals surface area contributed by atoms with E-state index in [0.29, 0.717) is 35.4 Å². The SMILES string of the molecule is NCCCn1c(CCc2ccccc2)nc2ccc(Cl)cc2c1=O. The summed E-state index contributed by atoms with van der Waals surface area (Å²) in [6, 6.07) is 15.5. The number of aryl methyl sites for hydroxylation is 2. The molecule has 0 saturated heterocycles. The fourth-order valence-electron chi connectivity index (χ4n) is 2.81. The van der Waals surface area contributed by atoms with E-state index >= 15 is 0 Å². The minimum Gasteiger partial charge on any atom is -0.330 e. The molecule has 0 bridgehead atoms. The fourth-order valence-corrected chi connectivity index (χ4v) is 2.98. The highest BCUT2D eigenvalue weighted by Crippen LogP contribution is 2.16. The average molecular weight is 342 g/mol. The minimum atomic E-state index is -0.0426. The summed E-state index contributed by atoms with van der Waals surface area (Å²) >= 11 is 6.03. The third kappa shape index (κ3) is 3.66. The van der Waals surface area contributed by atoms with Gasteiger partial charge in [-0.05, 0) is 43.1 Å². The molecule has 3 rings (SSSR count). The normalized spacial score (nSPS) is 11.1. The van der Waals surface area contributed by atoms with Crippen molar-refractivity contribution < 1.29 is 0 Å². The smallest absolute Gasteiger partial charge is 0.261 e. The molecule has 0 aliphatic heterocycles. The summed E-state index contributed by atoms with van der Waals surface area (Å²) in [6.45, 7) is 1.12. The van der Waals surface area contributed by atoms with E-state index in [0.717, 1.165) is 18.7 Å². The van der Waals surface area contributed by atoms with Gasteiger partial charge >= 0.3 is 0 Å². The molecule has 0 fully saturated rings. The largest absolute Gasteiger partial charge is 0.330 e. The first-order valence-corrected chi connectivity index (χ1v) is 8.50. The van der Waals surface area contributed by atoms with Crippen LogP contribution >= 0.6 is 11.6 Å². The number of benzene rings is 2. The Morgan fingerprint density at radius 2 is 1.88 bits per heavy atom. The van der Waals surface area contributed by atoms with Crippen molar-refractivity contribution in [1.82, 2.24) is 9.55 Å². The lowest BCUT2D eigenvalue weighted by Crippen LogP contribution is -2.27. The second kappa shape index (κ2) is 7.60. The molecule has 4 nitrogen and oxygen atoms in total. The van der Waals surface area contributed by atoms with Crippen molar-refractivity contribution in [3.63, 3.8) is 0 Å². The Hall–Kier alpha value is -2.17. The summed E-state index contributed by atoms with van der Waals surface area (Å²) in [5.41, 5.74) is 7.50. The van der Waals surface area contributed by atoms with Crippen LogP contribution in [0.5, 0.6) is 0 Å². The van der Waals surface area contributed by atoms with Crippen molar-refractivity contribution in [1.29, 1.82) is 0 Å². The van der Waals surface area contributed by atoms with Crippen LogP contribution in [0.1, 0.15) is 17.8 Å². The van der Waals surface area contributed by atoms with Gasteiger partial charge in [-0.3, -0.25) is 9.36 Å². The Bertz CT molecular complexity index is 890. The van der Waals surface area contributed by atoms with Crippen LogP contribution in [-0.4, -0.2) is 16.1 Å². The van der Waals surface area contributed by atoms with Crippen LogP contribution in [0.2, 0.25) is 5.02 Å². The minimum absolute atomic E-state index is 0.0426. The molecule has 3 aromatic rings. The number of rotatable bonds is 6. The monoisotopic (exact) mass is 341 g/mol. The van der Waals surface area contributed by atoms with E-state index in [1.807, 2.05) is 18.2 Å². The van der Waals surface area contributed by atoms with Crippen LogP contribution in [0.4, 0.5) is 0 Å². The standard InChI is InChI=1S/C19H20ClN3O/c20-15-8-9-17-16(13-15)19(24)23(12-4-11-21)18(22-17)10-7-14-5-2-1-3-6-14/h1-3,5-6,8-9,13H,4,7,10-12,21H2. The molecule has 0 aliphatic rings. The van der Waals surface area contributed by atoms with Gasteiger partial charge in [-0.1, -0.05) is 41.9 Å². The average Bonchev–Trinajstić information content (AvgIpc) is 2.61. The summed E-state index contributed by atoms with van der Waals surface area (Å²) in [4.78, 5) is 17.6. The summed E-state index contributed by atoms with van der Waals surface area (Å²) in [5, 5.41) is 1.10. The summed E-state index contributed by atoms with van der Waals surface area (Å²) in [6.07, 6.45) is 2.30. The van der Waals surface area contributed by atoms with Crippen molar-refractivity contribution in [3.8, 4) is 0 Å². The van der Waals surface area contributed by atoms with E-state index in [1.165, 1.54) is 5.56 Å². The number of nitrogens with zero attached hydrogens (tertiary/aromatic N) is 2. The maximum absolute atomic E-state index is 12.8. The Balaban J connectivity index is 2.00. The van der Waals surface area contributed by atoms with E-state index in [1.54, 1.807) is 22.8 Å². The number of nitrogens with two attached hydrogens (primary N) is 1. The van der Waals surface area contributed by atoms with E-state index in [4.69, 9.17) is 22.3 Å². The third-order valence-corrected chi connectivity index (χ3v) is 4.30. The second-order valence-corrected chi connectivity index (χ2v) is 6.21. The van der Waals surface area contributed by atoms with Gasteiger partial charge in [-0.25, -0.2) is 4.98 Å². The van der Waals surface area contributed by atoms with Gasteiger partial charge in [0, 0.05) is 18.0 Å². The zero-order valence-electron chi connectivity index (χ0n) is 13.4. The van der Waals surface area contributed by atoms with Crippen LogP contribution < -0.4 is 11.3 Å². The molecule has 0 atom stereocenters. The molecule has 0 amide bonds. The first-order chi connectivity index (χ1) is 11.7. The highest BCUT2D eigenvalue weighted by Gasteiger charge is 2.11. The first-order valence-electron chi connectivity index (χ1n) is 8.12. The molecule has 5 heteroatoms. The summed E-state index contributed by atoms with van der Waals surface area (Å²) in [5.74, 6) is 0.798. The van der Waals surface area contributed by atoms with Gasteiger partial charge in [0.1, 0.15) is 5.82 Å². The number of halogens is 1. The Kier molecular flexibility index (Phi) is 5.28. The van der Waals surface area contributed by atoms with Crippen LogP contribution in [-0.2, 0) is 19.4 Å². The molecule has 0 unspecified atom stereocenters. The third-order valence-electron chi connectivity index (χ3n) is 4.06. The molecule has 24 heavy (non-hydrogen) atoms. The van der Waals surface area contributed by atoms with E-state index in [2.05, 4.69) is 12.1 Å². The second-order valence-electron chi connectivity index (χ2n) is 5.77. The molecule has 1 aromatic heterocycles. The fraction of sp³-hybridized carbons (Fsp3) is 0.263. The van der Waals surface area contributed by atoms with Crippen LogP contribution in [0.25, 0.3) is 10.9 Å². The van der Waals surface area contributed by atoms with E-state index in [9.17, 15) is 4.79 Å². The van der Waals surface area contributed by atoms with Gasteiger partial charge in [0.25, 0.3) is 5.56 Å². The molecular formula is C19H20ClN3O. The van der Waals surface area contributed by atoms with Gasteiger partial charge < -0.3 is 5.73 Å². The highest BCUT2D eigenvalue weighted by atomic mass is 35.5. The van der Waals surface area contributed by atoms with Gasteiger partial charge in [0.05, 0.1) is 10.9 Å². The van der Waals surface area contributed by atoms with Gasteiger partial charge in [0.15, 0.2) is 0 Å². The number of fused-ring (bicyclic) bond motifs is 1. The van der Waals surface area contributed by atoms with Gasteiger partial charge in [-0.15, -0.1) is 0 Å². The Morgan fingerprint density at radius 1 is 1.08 bits per heavy atom. The van der Waals surface area contributed by atoms with Gasteiger partial charge in [0.2, 0.25) is 0 Å². The predicted molar refractivity (Wildman–Crippen MR) is 98.5 cm³/mol. The lowest BCUT2D eigenvalue weighted by Gasteiger charge is -2.13. The van der Waals surface area contributed by atoms with Crippen molar-refractivity contribution in [2.45, 2.75) is 25.8 Å². The maximum atomic E-state index is 12.8. The Labute approximate surface area is 145 Å². The summed E-state index contributed by atoms with van der Waals surface area (Å²) in [7, 11) is 0. The van der Waals surface area contributed by atoms with Crippen LogP contribution in [0.3, 0.4) is 0 Å². The molecule has 2 N–H and O–H groups in total. The van der Waals surface area contributed by atoms with Crippen molar-refractivity contribution in [2.75, 3.05) is 6.54 Å². The van der Waals surface area contributed by atoms with Crippen LogP contribution in [0, 0.1) is 0 Å². The molecule has 0 spiro atoms. The molecule has 2 aromatic carbocycles. The number of hydrogen-bond acceptors (Lipinski definition) is 3.